The molecule has 0 aliphatic carbocycles. The molecule has 0 fully saturated rings. The van der Waals surface area contributed by atoms with Crippen molar-refractivity contribution >= 4 is 21.7 Å². The average Bonchev–Trinajstić information content (AvgIpc) is 2.36. The first-order valence-electron chi connectivity index (χ1n) is 6.07. The first-order chi connectivity index (χ1) is 9.25. The monoisotopic (exact) mass is 299 g/mol. The van der Waals surface area contributed by atoms with Gasteiger partial charge in [0.25, 0.3) is 5.91 Å². The van der Waals surface area contributed by atoms with E-state index in [9.17, 15) is 18.0 Å². The Kier molecular flexibility index (Phi) is 5.26. The van der Waals surface area contributed by atoms with E-state index in [0.717, 1.165) is 6.26 Å². The molecule has 110 valence electrons. The molecule has 1 amide bonds. The molecule has 0 aliphatic heterocycles. The van der Waals surface area contributed by atoms with Crippen LogP contribution in [0.1, 0.15) is 23.7 Å². The molecule has 0 spiro atoms. The van der Waals surface area contributed by atoms with Gasteiger partial charge in [0, 0.05) is 18.4 Å². The fraction of sp³-hybridized carbons (Fsp3) is 0.385. The van der Waals surface area contributed by atoms with Gasteiger partial charge in [0.2, 0.25) is 0 Å². The van der Waals surface area contributed by atoms with E-state index in [2.05, 4.69) is 0 Å². The van der Waals surface area contributed by atoms with Gasteiger partial charge in [0.05, 0.1) is 4.90 Å². The number of nitrogens with zero attached hydrogens (tertiary/aromatic N) is 1. The number of hydrogen-bond acceptors (Lipinski definition) is 4. The summed E-state index contributed by atoms with van der Waals surface area (Å²) in [4.78, 5) is 24.2. The highest BCUT2D eigenvalue weighted by atomic mass is 32.2. The smallest absolute Gasteiger partial charge is 0.323 e. The summed E-state index contributed by atoms with van der Waals surface area (Å²) in [6.45, 7) is 1.72. The van der Waals surface area contributed by atoms with Crippen LogP contribution in [0, 0.1) is 0 Å². The highest BCUT2D eigenvalue weighted by molar-refractivity contribution is 7.90. The van der Waals surface area contributed by atoms with Crippen molar-refractivity contribution in [1.82, 2.24) is 4.90 Å². The summed E-state index contributed by atoms with van der Waals surface area (Å²) in [6.07, 6.45) is 1.67. The molecule has 1 rings (SSSR count). The standard InChI is InChI=1S/C13H17NO5S/c1-3-7-14(9-12(15)16)13(17)10-5-4-6-11(8-10)20(2,18)19/h4-6,8H,3,7,9H2,1-2H3,(H,15,16). The van der Waals surface area contributed by atoms with Gasteiger partial charge in [0.15, 0.2) is 9.84 Å². The molecule has 0 aliphatic rings. The number of hydrogen-bond donors (Lipinski definition) is 1. The first-order valence-corrected chi connectivity index (χ1v) is 7.96. The number of amides is 1. The lowest BCUT2D eigenvalue weighted by molar-refractivity contribution is -0.137. The average molecular weight is 299 g/mol. The number of aliphatic carboxylic acids is 1. The minimum Gasteiger partial charge on any atom is -0.480 e. The molecule has 6 nitrogen and oxygen atoms in total. The quantitative estimate of drug-likeness (QED) is 0.847. The van der Waals surface area contributed by atoms with Crippen LogP contribution in [0.3, 0.4) is 0 Å². The van der Waals surface area contributed by atoms with Gasteiger partial charge in [-0.05, 0) is 24.6 Å². The van der Waals surface area contributed by atoms with Crippen molar-refractivity contribution in [1.29, 1.82) is 0 Å². The van der Waals surface area contributed by atoms with Crippen LogP contribution >= 0.6 is 0 Å². The SMILES string of the molecule is CCCN(CC(=O)O)C(=O)c1cccc(S(C)(=O)=O)c1. The predicted molar refractivity (Wildman–Crippen MR) is 73.4 cm³/mol. The minimum atomic E-state index is -3.41. The molecule has 0 bridgehead atoms. The molecule has 0 heterocycles. The number of carboxylic acid groups (broad SMARTS) is 1. The Balaban J connectivity index is 3.09. The van der Waals surface area contributed by atoms with Gasteiger partial charge in [-0.3, -0.25) is 9.59 Å². The molecular formula is C13H17NO5S. The zero-order valence-corrected chi connectivity index (χ0v) is 12.2. The zero-order valence-electron chi connectivity index (χ0n) is 11.4. The number of carboxylic acids is 1. The molecule has 7 heteroatoms. The lowest BCUT2D eigenvalue weighted by Crippen LogP contribution is -2.36. The molecule has 1 N–H and O–H groups in total. The number of carbonyl (C=O) groups excluding carboxylic acids is 1. The second-order valence-electron chi connectivity index (χ2n) is 4.42. The van der Waals surface area contributed by atoms with Gasteiger partial charge >= 0.3 is 5.97 Å². The van der Waals surface area contributed by atoms with Crippen LogP contribution in [0.5, 0.6) is 0 Å². The first kappa shape index (κ1) is 16.2. The van der Waals surface area contributed by atoms with Crippen LogP contribution < -0.4 is 0 Å². The Hall–Kier alpha value is -1.89. The van der Waals surface area contributed by atoms with Crippen LogP contribution in [0.4, 0.5) is 0 Å². The lowest BCUT2D eigenvalue weighted by Gasteiger charge is -2.20. The molecule has 0 unspecified atom stereocenters. The van der Waals surface area contributed by atoms with Gasteiger partial charge in [-0.1, -0.05) is 13.0 Å². The van der Waals surface area contributed by atoms with E-state index in [1.54, 1.807) is 0 Å². The Bertz CT molecular complexity index is 609. The topological polar surface area (TPSA) is 91.8 Å². The van der Waals surface area contributed by atoms with E-state index in [4.69, 9.17) is 5.11 Å². The molecule has 0 saturated heterocycles. The maximum Gasteiger partial charge on any atom is 0.323 e. The maximum absolute atomic E-state index is 12.2. The van der Waals surface area contributed by atoms with Gasteiger partial charge in [-0.15, -0.1) is 0 Å². The van der Waals surface area contributed by atoms with Gasteiger partial charge in [0.1, 0.15) is 6.54 Å². The van der Waals surface area contributed by atoms with E-state index < -0.39 is 28.3 Å². The Labute approximate surface area is 117 Å². The summed E-state index contributed by atoms with van der Waals surface area (Å²) in [5.74, 6) is -1.59. The zero-order chi connectivity index (χ0) is 15.3. The van der Waals surface area contributed by atoms with E-state index in [-0.39, 0.29) is 10.5 Å². The third kappa shape index (κ3) is 4.34. The van der Waals surface area contributed by atoms with Crippen molar-refractivity contribution in [2.45, 2.75) is 18.2 Å². The Morgan fingerprint density at radius 3 is 2.45 bits per heavy atom. The second-order valence-corrected chi connectivity index (χ2v) is 6.44. The third-order valence-corrected chi connectivity index (χ3v) is 3.73. The van der Waals surface area contributed by atoms with Crippen LogP contribution in [-0.4, -0.2) is 49.6 Å². The maximum atomic E-state index is 12.2. The largest absolute Gasteiger partial charge is 0.480 e. The summed E-state index contributed by atoms with van der Waals surface area (Å²) in [7, 11) is -3.41. The fourth-order valence-electron chi connectivity index (χ4n) is 1.73. The van der Waals surface area contributed by atoms with E-state index >= 15 is 0 Å². The number of sulfone groups is 1. The minimum absolute atomic E-state index is 0.0372. The normalized spacial score (nSPS) is 11.1. The van der Waals surface area contributed by atoms with Crippen molar-refractivity contribution in [2.75, 3.05) is 19.3 Å². The predicted octanol–water partition coefficient (Wildman–Crippen LogP) is 1.03. The van der Waals surface area contributed by atoms with Crippen LogP contribution in [0.15, 0.2) is 29.2 Å². The summed E-state index contributed by atoms with van der Waals surface area (Å²) in [5, 5.41) is 8.80. The van der Waals surface area contributed by atoms with Gasteiger partial charge in [-0.2, -0.15) is 0 Å². The molecule has 0 saturated carbocycles. The lowest BCUT2D eigenvalue weighted by atomic mass is 10.2. The third-order valence-electron chi connectivity index (χ3n) is 2.62. The highest BCUT2D eigenvalue weighted by Gasteiger charge is 2.19. The number of benzene rings is 1. The van der Waals surface area contributed by atoms with Crippen LogP contribution in [0.2, 0.25) is 0 Å². The fourth-order valence-corrected chi connectivity index (χ4v) is 2.39. The molecule has 20 heavy (non-hydrogen) atoms. The summed E-state index contributed by atoms with van der Waals surface area (Å²) in [5.41, 5.74) is 0.169. The molecule has 1 aromatic rings. The summed E-state index contributed by atoms with van der Waals surface area (Å²) in [6, 6.07) is 5.60. The van der Waals surface area contributed by atoms with Crippen molar-refractivity contribution in [3.05, 3.63) is 29.8 Å². The highest BCUT2D eigenvalue weighted by Crippen LogP contribution is 2.13. The van der Waals surface area contributed by atoms with Crippen molar-refractivity contribution in [2.24, 2.45) is 0 Å². The number of carbonyl (C=O) groups is 2. The summed E-state index contributed by atoms with van der Waals surface area (Å²) < 4.78 is 22.9. The van der Waals surface area contributed by atoms with Crippen molar-refractivity contribution in [3.8, 4) is 0 Å². The van der Waals surface area contributed by atoms with Crippen LogP contribution in [0.25, 0.3) is 0 Å². The molecule has 1 aromatic carbocycles. The summed E-state index contributed by atoms with van der Waals surface area (Å²) >= 11 is 0. The van der Waals surface area contributed by atoms with E-state index in [0.29, 0.717) is 13.0 Å². The van der Waals surface area contributed by atoms with Gasteiger partial charge in [-0.25, -0.2) is 8.42 Å². The Morgan fingerprint density at radius 1 is 1.30 bits per heavy atom. The molecular weight excluding hydrogens is 282 g/mol. The molecule has 0 radical (unpaired) electrons. The number of rotatable bonds is 6. The molecule has 0 aromatic heterocycles. The van der Waals surface area contributed by atoms with Crippen molar-refractivity contribution < 1.29 is 23.1 Å². The Morgan fingerprint density at radius 2 is 1.95 bits per heavy atom. The van der Waals surface area contributed by atoms with Crippen molar-refractivity contribution in [3.63, 3.8) is 0 Å². The van der Waals surface area contributed by atoms with Crippen LogP contribution in [-0.2, 0) is 14.6 Å². The van der Waals surface area contributed by atoms with E-state index in [1.807, 2.05) is 6.92 Å². The second kappa shape index (κ2) is 6.51. The molecule has 0 atom stereocenters. The van der Waals surface area contributed by atoms with E-state index in [1.165, 1.54) is 29.2 Å². The van der Waals surface area contributed by atoms with Gasteiger partial charge < -0.3 is 10.0 Å².